The highest BCUT2D eigenvalue weighted by molar-refractivity contribution is 7.11. The topological polar surface area (TPSA) is 55.1 Å². The minimum Gasteiger partial charge on any atom is -0.299 e. The van der Waals surface area contributed by atoms with Gasteiger partial charge < -0.3 is 0 Å². The van der Waals surface area contributed by atoms with E-state index < -0.39 is 0 Å². The van der Waals surface area contributed by atoms with Gasteiger partial charge in [0.15, 0.2) is 11.5 Å². The smallest absolute Gasteiger partial charge is 0.160 e. The Kier molecular flexibility index (Phi) is 3.73. The molecule has 3 rings (SSSR count). The van der Waals surface area contributed by atoms with Gasteiger partial charge in [0.05, 0.1) is 16.7 Å². The number of rotatable bonds is 4. The fraction of sp³-hybridized carbons (Fsp3) is 0.400. The Bertz CT molecular complexity index is 760. The van der Waals surface area contributed by atoms with Crippen molar-refractivity contribution in [3.63, 3.8) is 0 Å². The zero-order valence-electron chi connectivity index (χ0n) is 12.7. The Morgan fingerprint density at radius 3 is 2.67 bits per heavy atom. The number of nitrogens with zero attached hydrogens (tertiary/aromatic N) is 4. The molecule has 3 aromatic rings. The summed E-state index contributed by atoms with van der Waals surface area (Å²) in [6.07, 6.45) is 1.99. The van der Waals surface area contributed by atoms with E-state index in [1.165, 1.54) is 4.88 Å². The lowest BCUT2D eigenvalue weighted by molar-refractivity contribution is 0.466. The average molecular weight is 301 g/mol. The van der Waals surface area contributed by atoms with Crippen LogP contribution in [0.1, 0.15) is 47.3 Å². The molecule has 0 saturated carbocycles. The lowest BCUT2D eigenvalue weighted by Gasteiger charge is -2.18. The lowest BCUT2D eigenvalue weighted by Crippen LogP contribution is -2.24. The van der Waals surface area contributed by atoms with Gasteiger partial charge in [-0.3, -0.25) is 9.72 Å². The van der Waals surface area contributed by atoms with E-state index in [1.54, 1.807) is 11.3 Å². The van der Waals surface area contributed by atoms with Crippen LogP contribution in [0.25, 0.3) is 5.65 Å². The number of fused-ring (bicyclic) bond motifs is 1. The molecule has 2 atom stereocenters. The van der Waals surface area contributed by atoms with E-state index in [2.05, 4.69) is 41.3 Å². The monoisotopic (exact) mass is 301 g/mol. The van der Waals surface area contributed by atoms with Crippen molar-refractivity contribution in [3.8, 4) is 0 Å². The molecular formula is C15H19N5S. The minimum absolute atomic E-state index is 0.0961. The Morgan fingerprint density at radius 2 is 1.95 bits per heavy atom. The number of aryl methyl sites for hydroxylation is 2. The molecule has 0 aliphatic rings. The molecule has 110 valence electrons. The molecule has 0 fully saturated rings. The minimum atomic E-state index is 0.0961. The normalized spacial score (nSPS) is 14.5. The third kappa shape index (κ3) is 2.69. The van der Waals surface area contributed by atoms with Gasteiger partial charge in [0.25, 0.3) is 0 Å². The van der Waals surface area contributed by atoms with E-state index in [1.807, 2.05) is 35.7 Å². The molecule has 21 heavy (non-hydrogen) atoms. The molecule has 0 aliphatic carbocycles. The molecule has 1 N–H and O–H groups in total. The van der Waals surface area contributed by atoms with Gasteiger partial charge in [-0.15, -0.1) is 21.5 Å². The van der Waals surface area contributed by atoms with Crippen molar-refractivity contribution in [1.82, 2.24) is 24.9 Å². The quantitative estimate of drug-likeness (QED) is 0.804. The van der Waals surface area contributed by atoms with E-state index in [9.17, 15) is 0 Å². The van der Waals surface area contributed by atoms with Crippen molar-refractivity contribution < 1.29 is 0 Å². The van der Waals surface area contributed by atoms with E-state index in [0.717, 1.165) is 22.2 Å². The first-order valence-corrected chi connectivity index (χ1v) is 7.87. The Hall–Kier alpha value is -1.79. The van der Waals surface area contributed by atoms with Crippen LogP contribution >= 0.6 is 11.3 Å². The molecule has 6 heteroatoms. The molecule has 3 aromatic heterocycles. The highest BCUT2D eigenvalue weighted by Gasteiger charge is 2.19. The molecule has 2 unspecified atom stereocenters. The lowest BCUT2D eigenvalue weighted by atomic mass is 10.2. The van der Waals surface area contributed by atoms with Crippen molar-refractivity contribution in [2.75, 3.05) is 0 Å². The van der Waals surface area contributed by atoms with Crippen LogP contribution in [0.3, 0.4) is 0 Å². The highest BCUT2D eigenvalue weighted by Crippen LogP contribution is 2.24. The number of hydrogen-bond donors (Lipinski definition) is 1. The van der Waals surface area contributed by atoms with Gasteiger partial charge in [0.2, 0.25) is 0 Å². The van der Waals surface area contributed by atoms with Gasteiger partial charge in [0.1, 0.15) is 0 Å². The molecule has 0 amide bonds. The van der Waals surface area contributed by atoms with Crippen LogP contribution in [-0.4, -0.2) is 19.6 Å². The summed E-state index contributed by atoms with van der Waals surface area (Å²) in [5.41, 5.74) is 1.99. The Labute approximate surface area is 128 Å². The van der Waals surface area contributed by atoms with Crippen LogP contribution in [-0.2, 0) is 0 Å². The third-order valence-electron chi connectivity index (χ3n) is 3.58. The van der Waals surface area contributed by atoms with Crippen molar-refractivity contribution in [1.29, 1.82) is 0 Å². The fourth-order valence-electron chi connectivity index (χ4n) is 2.63. The zero-order chi connectivity index (χ0) is 15.0. The largest absolute Gasteiger partial charge is 0.299 e. The maximum Gasteiger partial charge on any atom is 0.160 e. The van der Waals surface area contributed by atoms with Crippen molar-refractivity contribution in [3.05, 3.63) is 45.8 Å². The van der Waals surface area contributed by atoms with Gasteiger partial charge in [-0.25, -0.2) is 4.98 Å². The summed E-state index contributed by atoms with van der Waals surface area (Å²) in [5.74, 6) is 0.919. The van der Waals surface area contributed by atoms with E-state index in [-0.39, 0.29) is 12.1 Å². The maximum absolute atomic E-state index is 4.62. The van der Waals surface area contributed by atoms with Crippen LogP contribution in [0.5, 0.6) is 0 Å². The van der Waals surface area contributed by atoms with Crippen molar-refractivity contribution >= 4 is 17.0 Å². The molecule has 3 heterocycles. The number of aromatic nitrogens is 4. The Morgan fingerprint density at radius 1 is 1.14 bits per heavy atom. The Balaban J connectivity index is 1.83. The summed E-state index contributed by atoms with van der Waals surface area (Å²) in [6, 6.07) is 6.19. The van der Waals surface area contributed by atoms with Gasteiger partial charge in [-0.1, -0.05) is 6.07 Å². The number of pyridine rings is 1. The third-order valence-corrected chi connectivity index (χ3v) is 4.48. The second-order valence-corrected chi connectivity index (χ2v) is 6.68. The molecular weight excluding hydrogens is 282 g/mol. The first-order chi connectivity index (χ1) is 10.1. The van der Waals surface area contributed by atoms with E-state index in [4.69, 9.17) is 0 Å². The molecule has 0 aliphatic heterocycles. The van der Waals surface area contributed by atoms with Crippen LogP contribution in [0, 0.1) is 13.8 Å². The van der Waals surface area contributed by atoms with Crippen LogP contribution in [0.15, 0.2) is 24.4 Å². The summed E-state index contributed by atoms with van der Waals surface area (Å²) < 4.78 is 2.02. The average Bonchev–Trinajstić information content (AvgIpc) is 3.01. The second kappa shape index (κ2) is 5.54. The molecule has 0 radical (unpaired) electrons. The van der Waals surface area contributed by atoms with Gasteiger partial charge in [0, 0.05) is 17.1 Å². The summed E-state index contributed by atoms with van der Waals surface area (Å²) in [7, 11) is 0. The molecule has 5 nitrogen and oxygen atoms in total. The molecule has 0 bridgehead atoms. The second-order valence-electron chi connectivity index (χ2n) is 5.27. The van der Waals surface area contributed by atoms with Crippen LogP contribution in [0.4, 0.5) is 0 Å². The predicted molar refractivity (Wildman–Crippen MR) is 84.5 cm³/mol. The first-order valence-electron chi connectivity index (χ1n) is 7.06. The van der Waals surface area contributed by atoms with Gasteiger partial charge in [-0.2, -0.15) is 0 Å². The summed E-state index contributed by atoms with van der Waals surface area (Å²) in [4.78, 5) is 5.89. The van der Waals surface area contributed by atoms with Crippen molar-refractivity contribution in [2.45, 2.75) is 39.8 Å². The predicted octanol–water partition coefficient (Wildman–Crippen LogP) is 3.21. The molecule has 0 aromatic carbocycles. The number of hydrogen-bond acceptors (Lipinski definition) is 5. The zero-order valence-corrected chi connectivity index (χ0v) is 13.5. The van der Waals surface area contributed by atoms with Gasteiger partial charge in [-0.05, 0) is 39.8 Å². The summed E-state index contributed by atoms with van der Waals surface area (Å²) in [5, 5.41) is 13.2. The van der Waals surface area contributed by atoms with Crippen molar-refractivity contribution in [2.24, 2.45) is 0 Å². The van der Waals surface area contributed by atoms with E-state index in [0.29, 0.717) is 0 Å². The fourth-order valence-corrected chi connectivity index (χ4v) is 3.54. The van der Waals surface area contributed by atoms with Crippen LogP contribution in [0.2, 0.25) is 0 Å². The van der Waals surface area contributed by atoms with Crippen LogP contribution < -0.4 is 5.32 Å². The molecule has 0 saturated heterocycles. The molecule has 0 spiro atoms. The maximum atomic E-state index is 4.62. The number of thiazole rings is 1. The standard InChI is InChI=1S/C15H19N5S/c1-9(14-11(3)21-12(4)17-14)16-10(2)15-19-18-13-7-5-6-8-20(13)15/h5-10,16H,1-4H3. The summed E-state index contributed by atoms with van der Waals surface area (Å²) in [6.45, 7) is 8.41. The van der Waals surface area contributed by atoms with E-state index >= 15 is 0 Å². The van der Waals surface area contributed by atoms with Gasteiger partial charge >= 0.3 is 0 Å². The first kappa shape index (κ1) is 14.2. The summed E-state index contributed by atoms with van der Waals surface area (Å²) >= 11 is 1.74. The highest BCUT2D eigenvalue weighted by atomic mass is 32.1. The number of nitrogens with one attached hydrogen (secondary N) is 1. The SMILES string of the molecule is Cc1nc(C(C)NC(C)c2nnc3ccccn23)c(C)s1.